The summed E-state index contributed by atoms with van der Waals surface area (Å²) < 4.78 is 6.73. The van der Waals surface area contributed by atoms with Crippen molar-refractivity contribution >= 4 is 30.1 Å². The maximum atomic E-state index is 13.1. The van der Waals surface area contributed by atoms with E-state index in [1.165, 1.54) is 0 Å². The molecule has 25 heavy (non-hydrogen) atoms. The molecule has 1 aliphatic carbocycles. The predicted octanol–water partition coefficient (Wildman–Crippen LogP) is 4.73. The number of ketones is 1. The summed E-state index contributed by atoms with van der Waals surface area (Å²) in [5, 5.41) is 0. The molecule has 0 aromatic heterocycles. The van der Waals surface area contributed by atoms with Crippen molar-refractivity contribution < 1.29 is 14.3 Å². The van der Waals surface area contributed by atoms with Gasteiger partial charge in [-0.25, -0.2) is 0 Å². The Morgan fingerprint density at radius 3 is 2.48 bits per heavy atom. The molecule has 0 aliphatic heterocycles. The number of carbonyl (C=O) groups is 2. The predicted molar refractivity (Wildman–Crippen MR) is 104 cm³/mol. The van der Waals surface area contributed by atoms with E-state index in [0.29, 0.717) is 19.3 Å². The Kier molecular flexibility index (Phi) is 6.89. The molecule has 136 valence electrons. The quantitative estimate of drug-likeness (QED) is 0.273. The Morgan fingerprint density at radius 1 is 1.16 bits per heavy atom. The van der Waals surface area contributed by atoms with Gasteiger partial charge < -0.3 is 0 Å². The van der Waals surface area contributed by atoms with Gasteiger partial charge in [-0.15, -0.1) is 0 Å². The van der Waals surface area contributed by atoms with E-state index < -0.39 is 23.8 Å². The van der Waals surface area contributed by atoms with Crippen LogP contribution in [0, 0.1) is 5.41 Å². The number of Topliss-reactive ketones (excluding diaryl/α,β-unsaturated/α-hetero) is 1. The monoisotopic (exact) mass is 450 g/mol. The Morgan fingerprint density at radius 2 is 1.84 bits per heavy atom. The third-order valence-corrected chi connectivity index (χ3v) is 11.7. The molecule has 4 heteroatoms. The van der Waals surface area contributed by atoms with Gasteiger partial charge in [-0.3, -0.25) is 0 Å². The molecule has 0 saturated heterocycles. The van der Waals surface area contributed by atoms with Gasteiger partial charge in [0.25, 0.3) is 0 Å². The maximum absolute atomic E-state index is 13.1. The Labute approximate surface area is 155 Å². The molecular weight excluding hydrogens is 419 g/mol. The van der Waals surface area contributed by atoms with E-state index in [1.807, 2.05) is 30.3 Å². The van der Waals surface area contributed by atoms with Crippen LogP contribution in [0.4, 0.5) is 0 Å². The van der Waals surface area contributed by atoms with Crippen LogP contribution in [-0.2, 0) is 20.7 Å². The van der Waals surface area contributed by atoms with Crippen molar-refractivity contribution in [2.75, 3.05) is 6.61 Å². The molecule has 0 spiro atoms. The summed E-state index contributed by atoms with van der Waals surface area (Å²) in [4.78, 5) is 32.7. The molecule has 0 bridgehead atoms. The second-order valence-electron chi connectivity index (χ2n) is 8.16. The van der Waals surface area contributed by atoms with E-state index in [2.05, 4.69) is 21.4 Å². The Bertz CT molecular complexity index is 630. The molecule has 3 nitrogen and oxygen atoms in total. The fourth-order valence-electron chi connectivity index (χ4n) is 3.19. The fraction of sp³-hybridized carbons (Fsp3) is 0.524. The number of carbonyl (C=O) groups excluding carboxylic acids is 2. The SMILES string of the molecule is C=[C](COC(=O)C1(Cc2ccccc2)CCCCCC1=O)[Sn]([CH3])([CH3])[CH3]. The van der Waals surface area contributed by atoms with Crippen LogP contribution in [0.15, 0.2) is 40.5 Å². The summed E-state index contributed by atoms with van der Waals surface area (Å²) in [7, 11) is 0. The van der Waals surface area contributed by atoms with Crippen molar-refractivity contribution in [2.45, 2.75) is 53.3 Å². The molecule has 1 aromatic carbocycles. The van der Waals surface area contributed by atoms with Crippen LogP contribution in [-0.4, -0.2) is 36.7 Å². The number of hydrogen-bond acceptors (Lipinski definition) is 3. The molecule has 1 aromatic rings. The second kappa shape index (κ2) is 8.52. The van der Waals surface area contributed by atoms with Gasteiger partial charge in [0, 0.05) is 0 Å². The third-order valence-electron chi connectivity index (χ3n) is 5.22. The number of esters is 1. The standard InChI is InChI=1S/C18H21O3.3CH3.Sn/c1-2-13-21-17(20)18(12-8-4-7-11-16(18)19)14-15-9-5-3-6-10-15;;;;/h3,5-6,9-10H,1,4,7-8,11-14H2;3*1H3;. The number of hydrogen-bond donors (Lipinski definition) is 0. The minimum absolute atomic E-state index is 0.0451. The van der Waals surface area contributed by atoms with Crippen LogP contribution in [0.1, 0.15) is 37.7 Å². The van der Waals surface area contributed by atoms with E-state index in [-0.39, 0.29) is 18.4 Å². The van der Waals surface area contributed by atoms with Crippen molar-refractivity contribution in [3.05, 3.63) is 46.1 Å². The molecule has 1 unspecified atom stereocenters. The van der Waals surface area contributed by atoms with Gasteiger partial charge in [0.05, 0.1) is 0 Å². The summed E-state index contributed by atoms with van der Waals surface area (Å²) in [5.41, 5.74) is -0.00513. The summed E-state index contributed by atoms with van der Waals surface area (Å²) in [6.07, 6.45) is 4.27. The molecule has 1 aliphatic rings. The molecule has 1 saturated carbocycles. The van der Waals surface area contributed by atoms with Crippen molar-refractivity contribution in [2.24, 2.45) is 5.41 Å². The van der Waals surface area contributed by atoms with E-state index >= 15 is 0 Å². The summed E-state index contributed by atoms with van der Waals surface area (Å²) in [6.45, 7) is 4.38. The molecule has 0 radical (unpaired) electrons. The van der Waals surface area contributed by atoms with Crippen LogP contribution >= 0.6 is 0 Å². The van der Waals surface area contributed by atoms with E-state index in [1.54, 1.807) is 0 Å². The van der Waals surface area contributed by atoms with Crippen molar-refractivity contribution in [3.63, 3.8) is 0 Å². The molecule has 0 amide bonds. The van der Waals surface area contributed by atoms with Gasteiger partial charge in [-0.05, 0) is 0 Å². The van der Waals surface area contributed by atoms with Crippen LogP contribution in [0.3, 0.4) is 0 Å². The first-order valence-electron chi connectivity index (χ1n) is 9.18. The summed E-state index contributed by atoms with van der Waals surface area (Å²) in [5.74, 6) is -0.302. The number of ether oxygens (including phenoxy) is 1. The van der Waals surface area contributed by atoms with Gasteiger partial charge in [-0.2, -0.15) is 0 Å². The van der Waals surface area contributed by atoms with E-state index in [4.69, 9.17) is 4.74 Å². The van der Waals surface area contributed by atoms with Crippen LogP contribution in [0.2, 0.25) is 14.8 Å². The first kappa shape index (κ1) is 20.2. The van der Waals surface area contributed by atoms with Crippen LogP contribution in [0.25, 0.3) is 0 Å². The fourth-order valence-corrected chi connectivity index (χ4v) is 4.64. The van der Waals surface area contributed by atoms with E-state index in [0.717, 1.165) is 28.4 Å². The average Bonchev–Trinajstić information content (AvgIpc) is 2.75. The molecule has 2 rings (SSSR count). The molecule has 0 N–H and O–H groups in total. The second-order valence-corrected chi connectivity index (χ2v) is 23.0. The molecule has 1 atom stereocenters. The van der Waals surface area contributed by atoms with Gasteiger partial charge in [0.15, 0.2) is 0 Å². The number of benzene rings is 1. The first-order chi connectivity index (χ1) is 11.8. The normalized spacial score (nSPS) is 21.5. The topological polar surface area (TPSA) is 43.4 Å². The summed E-state index contributed by atoms with van der Waals surface area (Å²) in [6, 6.07) is 9.82. The third kappa shape index (κ3) is 5.19. The minimum atomic E-state index is -2.29. The van der Waals surface area contributed by atoms with E-state index in [9.17, 15) is 9.59 Å². The zero-order valence-electron chi connectivity index (χ0n) is 15.8. The zero-order valence-corrected chi connectivity index (χ0v) is 18.6. The zero-order chi connectivity index (χ0) is 18.5. The van der Waals surface area contributed by atoms with Gasteiger partial charge in [0.2, 0.25) is 0 Å². The van der Waals surface area contributed by atoms with Gasteiger partial charge >= 0.3 is 156 Å². The summed E-state index contributed by atoms with van der Waals surface area (Å²) >= 11 is -2.29. The molecule has 1 fully saturated rings. The molecular formula is C21H30O3Sn. The van der Waals surface area contributed by atoms with Crippen molar-refractivity contribution in [1.29, 1.82) is 0 Å². The van der Waals surface area contributed by atoms with Crippen LogP contribution < -0.4 is 0 Å². The molecule has 0 heterocycles. The van der Waals surface area contributed by atoms with Crippen molar-refractivity contribution in [3.8, 4) is 0 Å². The first-order valence-corrected chi connectivity index (χ1v) is 19.2. The average molecular weight is 449 g/mol. The van der Waals surface area contributed by atoms with Gasteiger partial charge in [0.1, 0.15) is 0 Å². The Hall–Kier alpha value is -1.10. The van der Waals surface area contributed by atoms with Gasteiger partial charge in [-0.1, -0.05) is 0 Å². The van der Waals surface area contributed by atoms with Crippen LogP contribution in [0.5, 0.6) is 0 Å². The van der Waals surface area contributed by atoms with Crippen molar-refractivity contribution in [1.82, 2.24) is 0 Å². The number of rotatable bonds is 6. The Balaban J connectivity index is 2.23.